The Morgan fingerprint density at radius 3 is 2.88 bits per heavy atom. The SMILES string of the molecule is CCCc1nnsc1C(=O)NC[C@H](c1ccc(C)o1)N1CCOCC1. The van der Waals surface area contributed by atoms with E-state index >= 15 is 0 Å². The summed E-state index contributed by atoms with van der Waals surface area (Å²) in [5.74, 6) is 1.63. The van der Waals surface area contributed by atoms with Gasteiger partial charge in [-0.3, -0.25) is 9.69 Å². The second-order valence-corrected chi connectivity index (χ2v) is 6.88. The number of aromatic nitrogens is 2. The van der Waals surface area contributed by atoms with Crippen molar-refractivity contribution < 1.29 is 13.9 Å². The fourth-order valence-electron chi connectivity index (χ4n) is 2.98. The number of furan rings is 1. The Hall–Kier alpha value is -1.77. The van der Waals surface area contributed by atoms with Crippen LogP contribution in [-0.4, -0.2) is 53.2 Å². The van der Waals surface area contributed by atoms with E-state index in [0.29, 0.717) is 24.6 Å². The number of nitrogens with zero attached hydrogens (tertiary/aromatic N) is 3. The molecule has 1 aliphatic rings. The smallest absolute Gasteiger partial charge is 0.265 e. The van der Waals surface area contributed by atoms with Crippen molar-refractivity contribution >= 4 is 17.4 Å². The molecule has 0 spiro atoms. The quantitative estimate of drug-likeness (QED) is 0.811. The summed E-state index contributed by atoms with van der Waals surface area (Å²) in [5.41, 5.74) is 0.779. The minimum absolute atomic E-state index is 0.00273. The molecule has 0 radical (unpaired) electrons. The molecule has 1 atom stereocenters. The van der Waals surface area contributed by atoms with Crippen LogP contribution in [0.5, 0.6) is 0 Å². The molecule has 0 aromatic carbocycles. The van der Waals surface area contributed by atoms with Crippen molar-refractivity contribution in [3.8, 4) is 0 Å². The van der Waals surface area contributed by atoms with Gasteiger partial charge in [-0.05, 0) is 37.0 Å². The van der Waals surface area contributed by atoms with Crippen LogP contribution >= 0.6 is 11.5 Å². The van der Waals surface area contributed by atoms with Gasteiger partial charge in [0.25, 0.3) is 5.91 Å². The van der Waals surface area contributed by atoms with E-state index in [1.165, 1.54) is 0 Å². The van der Waals surface area contributed by atoms with Gasteiger partial charge in [-0.15, -0.1) is 5.10 Å². The van der Waals surface area contributed by atoms with Crippen molar-refractivity contribution in [2.24, 2.45) is 0 Å². The molecule has 0 saturated carbocycles. The molecule has 8 heteroatoms. The summed E-state index contributed by atoms with van der Waals surface area (Å²) < 4.78 is 15.2. The zero-order chi connectivity index (χ0) is 17.6. The third-order valence-electron chi connectivity index (χ3n) is 4.28. The molecule has 0 aliphatic carbocycles. The van der Waals surface area contributed by atoms with Crippen molar-refractivity contribution in [1.29, 1.82) is 0 Å². The summed E-state index contributed by atoms with van der Waals surface area (Å²) in [6.07, 6.45) is 1.71. The fraction of sp³-hybridized carbons (Fsp3) is 0.588. The molecule has 7 nitrogen and oxygen atoms in total. The number of hydrogen-bond donors (Lipinski definition) is 1. The zero-order valence-electron chi connectivity index (χ0n) is 14.7. The third kappa shape index (κ3) is 4.45. The Balaban J connectivity index is 1.69. The number of amides is 1. The largest absolute Gasteiger partial charge is 0.465 e. The van der Waals surface area contributed by atoms with Gasteiger partial charge in [0.05, 0.1) is 24.9 Å². The standard InChI is InChI=1S/C17H24N4O3S/c1-3-4-13-16(25-20-19-13)17(22)18-11-14(15-6-5-12(2)24-15)21-7-9-23-10-8-21/h5-6,14H,3-4,7-11H2,1-2H3,(H,18,22)/t14-/m1/s1. The van der Waals surface area contributed by atoms with Crippen LogP contribution in [-0.2, 0) is 11.2 Å². The molecule has 1 saturated heterocycles. The lowest BCUT2D eigenvalue weighted by Gasteiger charge is -2.33. The van der Waals surface area contributed by atoms with E-state index in [-0.39, 0.29) is 11.9 Å². The van der Waals surface area contributed by atoms with Gasteiger partial charge in [0.1, 0.15) is 16.4 Å². The van der Waals surface area contributed by atoms with Gasteiger partial charge in [-0.1, -0.05) is 17.8 Å². The highest BCUT2D eigenvalue weighted by Crippen LogP contribution is 2.23. The van der Waals surface area contributed by atoms with Crippen LogP contribution in [0.1, 0.15) is 46.3 Å². The lowest BCUT2D eigenvalue weighted by atomic mass is 10.1. The normalized spacial score (nSPS) is 16.7. The summed E-state index contributed by atoms with van der Waals surface area (Å²) in [7, 11) is 0. The molecular formula is C17H24N4O3S. The number of rotatable bonds is 7. The predicted molar refractivity (Wildman–Crippen MR) is 94.8 cm³/mol. The monoisotopic (exact) mass is 364 g/mol. The lowest BCUT2D eigenvalue weighted by Crippen LogP contribution is -2.43. The van der Waals surface area contributed by atoms with Crippen molar-refractivity contribution in [3.63, 3.8) is 0 Å². The van der Waals surface area contributed by atoms with Gasteiger partial charge >= 0.3 is 0 Å². The van der Waals surface area contributed by atoms with Crippen LogP contribution in [0.3, 0.4) is 0 Å². The number of nitrogens with one attached hydrogen (secondary N) is 1. The second-order valence-electron chi connectivity index (χ2n) is 6.12. The Labute approximate surface area is 151 Å². The number of aryl methyl sites for hydroxylation is 2. The van der Waals surface area contributed by atoms with Crippen molar-refractivity contribution in [2.45, 2.75) is 32.7 Å². The summed E-state index contributed by atoms with van der Waals surface area (Å²) in [5, 5.41) is 7.11. The maximum atomic E-state index is 12.6. The van der Waals surface area contributed by atoms with Gasteiger partial charge in [-0.25, -0.2) is 0 Å². The highest BCUT2D eigenvalue weighted by Gasteiger charge is 2.26. The van der Waals surface area contributed by atoms with Crippen molar-refractivity contribution in [1.82, 2.24) is 19.8 Å². The average Bonchev–Trinajstić information content (AvgIpc) is 3.25. The van der Waals surface area contributed by atoms with Crippen LogP contribution in [0.4, 0.5) is 0 Å². The predicted octanol–water partition coefficient (Wildman–Crippen LogP) is 2.20. The Morgan fingerprint density at radius 2 is 2.20 bits per heavy atom. The van der Waals surface area contributed by atoms with E-state index in [1.807, 2.05) is 19.1 Å². The van der Waals surface area contributed by atoms with E-state index in [2.05, 4.69) is 26.7 Å². The minimum Gasteiger partial charge on any atom is -0.465 e. The molecule has 2 aromatic heterocycles. The summed E-state index contributed by atoms with van der Waals surface area (Å²) in [6.45, 7) is 7.52. The van der Waals surface area contributed by atoms with Crippen LogP contribution in [0, 0.1) is 6.92 Å². The third-order valence-corrected chi connectivity index (χ3v) is 5.05. The van der Waals surface area contributed by atoms with Gasteiger partial charge in [0.2, 0.25) is 0 Å². The van der Waals surface area contributed by atoms with Gasteiger partial charge in [0, 0.05) is 19.6 Å². The summed E-state index contributed by atoms with van der Waals surface area (Å²) >= 11 is 1.15. The number of hydrogen-bond acceptors (Lipinski definition) is 7. The maximum Gasteiger partial charge on any atom is 0.265 e. The molecule has 1 fully saturated rings. The summed E-state index contributed by atoms with van der Waals surface area (Å²) in [4.78, 5) is 15.5. The maximum absolute atomic E-state index is 12.6. The number of carbonyl (C=O) groups excluding carboxylic acids is 1. The number of ether oxygens (including phenoxy) is 1. The van der Waals surface area contributed by atoms with Crippen LogP contribution in [0.15, 0.2) is 16.5 Å². The van der Waals surface area contributed by atoms with Crippen molar-refractivity contribution in [2.75, 3.05) is 32.8 Å². The highest BCUT2D eigenvalue weighted by atomic mass is 32.1. The Morgan fingerprint density at radius 1 is 1.40 bits per heavy atom. The fourth-order valence-corrected chi connectivity index (χ4v) is 3.61. The molecule has 0 unspecified atom stereocenters. The van der Waals surface area contributed by atoms with Crippen molar-refractivity contribution in [3.05, 3.63) is 34.2 Å². The first-order valence-electron chi connectivity index (χ1n) is 8.66. The Kier molecular flexibility index (Phi) is 6.17. The molecule has 0 bridgehead atoms. The first kappa shape index (κ1) is 18.0. The molecule has 25 heavy (non-hydrogen) atoms. The van der Waals surface area contributed by atoms with E-state index in [4.69, 9.17) is 9.15 Å². The molecule has 2 aromatic rings. The van der Waals surface area contributed by atoms with Crippen LogP contribution in [0.2, 0.25) is 0 Å². The van der Waals surface area contributed by atoms with Crippen LogP contribution in [0.25, 0.3) is 0 Å². The molecule has 136 valence electrons. The summed E-state index contributed by atoms with van der Waals surface area (Å²) in [6, 6.07) is 3.94. The van der Waals surface area contributed by atoms with Gasteiger partial charge < -0.3 is 14.5 Å². The van der Waals surface area contributed by atoms with Gasteiger partial charge in [0.15, 0.2) is 0 Å². The molecule has 1 N–H and O–H groups in total. The van der Waals surface area contributed by atoms with E-state index < -0.39 is 0 Å². The zero-order valence-corrected chi connectivity index (χ0v) is 15.5. The molecular weight excluding hydrogens is 340 g/mol. The topological polar surface area (TPSA) is 80.5 Å². The molecule has 1 aliphatic heterocycles. The Bertz CT molecular complexity index is 694. The van der Waals surface area contributed by atoms with E-state index in [0.717, 1.165) is 54.7 Å². The van der Waals surface area contributed by atoms with Gasteiger partial charge in [-0.2, -0.15) is 0 Å². The first-order valence-corrected chi connectivity index (χ1v) is 9.44. The minimum atomic E-state index is -0.111. The number of carbonyl (C=O) groups is 1. The molecule has 1 amide bonds. The highest BCUT2D eigenvalue weighted by molar-refractivity contribution is 7.08. The number of morpholine rings is 1. The first-order chi connectivity index (χ1) is 12.2. The second kappa shape index (κ2) is 8.55. The lowest BCUT2D eigenvalue weighted by molar-refractivity contribution is 0.0117. The van der Waals surface area contributed by atoms with E-state index in [9.17, 15) is 4.79 Å². The van der Waals surface area contributed by atoms with Crippen LogP contribution < -0.4 is 5.32 Å². The molecule has 3 rings (SSSR count). The van der Waals surface area contributed by atoms with E-state index in [1.54, 1.807) is 0 Å². The average molecular weight is 364 g/mol. The molecule has 3 heterocycles.